The summed E-state index contributed by atoms with van der Waals surface area (Å²) in [5.74, 6) is 1.74. The zero-order valence-corrected chi connectivity index (χ0v) is 17.5. The molecule has 0 fully saturated rings. The minimum atomic E-state index is -0.437. The van der Waals surface area contributed by atoms with Gasteiger partial charge in [0, 0.05) is 35.8 Å². The molecule has 4 rings (SSSR count). The third-order valence-electron chi connectivity index (χ3n) is 5.07. The number of amides is 1. The number of carbonyl (C=O) groups excluding carboxylic acids is 1. The van der Waals surface area contributed by atoms with Crippen LogP contribution in [-0.2, 0) is 11.3 Å². The number of nitrogens with one attached hydrogen (secondary N) is 1. The zero-order chi connectivity index (χ0) is 21.8. The normalized spacial score (nSPS) is 12.7. The lowest BCUT2D eigenvalue weighted by Gasteiger charge is -2.21. The number of rotatable bonds is 7. The van der Waals surface area contributed by atoms with Crippen molar-refractivity contribution in [1.82, 2.24) is 4.90 Å². The Labute approximate surface area is 179 Å². The van der Waals surface area contributed by atoms with Gasteiger partial charge in [-0.3, -0.25) is 9.69 Å². The number of hydrogen-bond acceptors (Lipinski definition) is 7. The Morgan fingerprint density at radius 2 is 1.90 bits per heavy atom. The third-order valence-corrected chi connectivity index (χ3v) is 5.07. The van der Waals surface area contributed by atoms with Gasteiger partial charge < -0.3 is 23.9 Å². The lowest BCUT2D eigenvalue weighted by Crippen LogP contribution is -2.33. The summed E-state index contributed by atoms with van der Waals surface area (Å²) in [4.78, 5) is 26.6. The van der Waals surface area contributed by atoms with E-state index in [2.05, 4.69) is 5.32 Å². The van der Waals surface area contributed by atoms with Crippen molar-refractivity contribution in [2.45, 2.75) is 13.5 Å². The predicted molar refractivity (Wildman–Crippen MR) is 116 cm³/mol. The van der Waals surface area contributed by atoms with E-state index in [9.17, 15) is 9.59 Å². The summed E-state index contributed by atoms with van der Waals surface area (Å²) in [6.45, 7) is 4.20. The molecule has 2 aromatic carbocycles. The summed E-state index contributed by atoms with van der Waals surface area (Å²) >= 11 is 0. The minimum absolute atomic E-state index is 0.160. The number of anilines is 1. The number of likely N-dealkylation sites (N-methyl/N-ethyl adjacent to an activating group) is 1. The molecule has 8 heteroatoms. The van der Waals surface area contributed by atoms with Gasteiger partial charge in [0.05, 0.1) is 13.7 Å². The first-order chi connectivity index (χ1) is 15.1. The summed E-state index contributed by atoms with van der Waals surface area (Å²) in [6, 6.07) is 12.1. The first-order valence-electron chi connectivity index (χ1n) is 10.1. The fraction of sp³-hybridized carbons (Fsp3) is 0.304. The van der Waals surface area contributed by atoms with Crippen LogP contribution < -0.4 is 25.2 Å². The number of carbonyl (C=O) groups is 1. The maximum absolute atomic E-state index is 12.6. The number of nitrogens with zero attached hydrogens (tertiary/aromatic N) is 1. The van der Waals surface area contributed by atoms with Crippen LogP contribution in [0.2, 0.25) is 0 Å². The summed E-state index contributed by atoms with van der Waals surface area (Å²) < 4.78 is 21.6. The van der Waals surface area contributed by atoms with Crippen molar-refractivity contribution in [2.24, 2.45) is 0 Å². The van der Waals surface area contributed by atoms with Crippen molar-refractivity contribution >= 4 is 22.6 Å². The summed E-state index contributed by atoms with van der Waals surface area (Å²) in [5, 5.41) is 3.70. The third kappa shape index (κ3) is 4.80. The van der Waals surface area contributed by atoms with Gasteiger partial charge in [0.25, 0.3) is 0 Å². The maximum Gasteiger partial charge on any atom is 0.336 e. The Morgan fingerprint density at radius 3 is 2.68 bits per heavy atom. The molecule has 0 radical (unpaired) electrons. The van der Waals surface area contributed by atoms with Crippen molar-refractivity contribution in [1.29, 1.82) is 0 Å². The van der Waals surface area contributed by atoms with Gasteiger partial charge in [-0.25, -0.2) is 4.79 Å². The van der Waals surface area contributed by atoms with Crippen LogP contribution in [0.5, 0.6) is 17.2 Å². The molecule has 0 saturated heterocycles. The smallest absolute Gasteiger partial charge is 0.336 e. The summed E-state index contributed by atoms with van der Waals surface area (Å²) in [7, 11) is 1.56. The maximum atomic E-state index is 12.6. The molecule has 1 N–H and O–H groups in total. The van der Waals surface area contributed by atoms with Gasteiger partial charge in [-0.2, -0.15) is 0 Å². The van der Waals surface area contributed by atoms with E-state index in [0.717, 1.165) is 10.9 Å². The van der Waals surface area contributed by atoms with Crippen LogP contribution in [0.15, 0.2) is 51.7 Å². The largest absolute Gasteiger partial charge is 0.497 e. The highest BCUT2D eigenvalue weighted by Crippen LogP contribution is 2.32. The predicted octanol–water partition coefficient (Wildman–Crippen LogP) is 3.03. The molecule has 3 aromatic rings. The molecule has 1 amide bonds. The van der Waals surface area contributed by atoms with Crippen LogP contribution in [0, 0.1) is 0 Å². The number of fused-ring (bicyclic) bond motifs is 2. The standard InChI is InChI=1S/C23H24N2O6/c1-3-25(13-15-10-23(27)31-20-12-17(28-2)5-6-18(15)20)14-22(26)24-16-4-7-19-21(11-16)30-9-8-29-19/h4-7,10-12H,3,8-9,13-14H2,1-2H3,(H,24,26). The topological polar surface area (TPSA) is 90.2 Å². The summed E-state index contributed by atoms with van der Waals surface area (Å²) in [5.41, 5.74) is 1.46. The Bertz CT molecular complexity index is 1160. The van der Waals surface area contributed by atoms with Gasteiger partial charge in [-0.1, -0.05) is 6.92 Å². The molecule has 31 heavy (non-hydrogen) atoms. The lowest BCUT2D eigenvalue weighted by molar-refractivity contribution is -0.117. The average molecular weight is 424 g/mol. The van der Waals surface area contributed by atoms with E-state index in [1.165, 1.54) is 6.07 Å². The quantitative estimate of drug-likeness (QED) is 0.583. The van der Waals surface area contributed by atoms with Gasteiger partial charge in [-0.05, 0) is 36.4 Å². The average Bonchev–Trinajstić information content (AvgIpc) is 2.77. The van der Waals surface area contributed by atoms with Crippen LogP contribution in [0.1, 0.15) is 12.5 Å². The number of hydrogen-bond donors (Lipinski definition) is 1. The van der Waals surface area contributed by atoms with Gasteiger partial charge in [0.2, 0.25) is 5.91 Å². The van der Waals surface area contributed by atoms with E-state index in [0.29, 0.717) is 54.8 Å². The first-order valence-corrected chi connectivity index (χ1v) is 10.1. The molecule has 0 bridgehead atoms. The second kappa shape index (κ2) is 9.09. The Hall–Kier alpha value is -3.52. The Balaban J connectivity index is 1.47. The molecule has 0 atom stereocenters. The van der Waals surface area contributed by atoms with Gasteiger partial charge >= 0.3 is 5.63 Å². The first kappa shape index (κ1) is 20.7. The van der Waals surface area contributed by atoms with Crippen molar-refractivity contribution in [3.8, 4) is 17.2 Å². The van der Waals surface area contributed by atoms with Crippen LogP contribution in [0.3, 0.4) is 0 Å². The van der Waals surface area contributed by atoms with E-state index in [-0.39, 0.29) is 12.5 Å². The van der Waals surface area contributed by atoms with E-state index in [1.54, 1.807) is 31.4 Å². The van der Waals surface area contributed by atoms with Crippen LogP contribution >= 0.6 is 0 Å². The van der Waals surface area contributed by atoms with Crippen LogP contribution in [0.25, 0.3) is 11.0 Å². The van der Waals surface area contributed by atoms with Crippen molar-refractivity contribution in [3.63, 3.8) is 0 Å². The molecule has 162 valence electrons. The van der Waals surface area contributed by atoms with E-state index < -0.39 is 5.63 Å². The van der Waals surface area contributed by atoms with Gasteiger partial charge in [0.1, 0.15) is 24.5 Å². The Morgan fingerprint density at radius 1 is 1.10 bits per heavy atom. The number of benzene rings is 2. The fourth-order valence-corrected chi connectivity index (χ4v) is 3.51. The van der Waals surface area contributed by atoms with E-state index in [4.69, 9.17) is 18.6 Å². The fourth-order valence-electron chi connectivity index (χ4n) is 3.51. The second-order valence-corrected chi connectivity index (χ2v) is 7.16. The monoisotopic (exact) mass is 424 g/mol. The molecular formula is C23H24N2O6. The highest BCUT2D eigenvalue weighted by atomic mass is 16.6. The Kier molecular flexibility index (Phi) is 6.08. The lowest BCUT2D eigenvalue weighted by atomic mass is 10.1. The highest BCUT2D eigenvalue weighted by molar-refractivity contribution is 5.92. The van der Waals surface area contributed by atoms with E-state index >= 15 is 0 Å². The molecule has 0 unspecified atom stereocenters. The van der Waals surface area contributed by atoms with Gasteiger partial charge in [0.15, 0.2) is 11.5 Å². The SMILES string of the molecule is CCN(CC(=O)Nc1ccc2c(c1)OCCO2)Cc1cc(=O)oc2cc(OC)ccc12. The molecule has 1 aromatic heterocycles. The van der Waals surface area contributed by atoms with Gasteiger partial charge in [-0.15, -0.1) is 0 Å². The van der Waals surface area contributed by atoms with Crippen LogP contribution in [-0.4, -0.2) is 44.2 Å². The van der Waals surface area contributed by atoms with Crippen LogP contribution in [0.4, 0.5) is 5.69 Å². The number of methoxy groups -OCH3 is 1. The molecule has 0 aliphatic carbocycles. The van der Waals surface area contributed by atoms with Crippen molar-refractivity contribution in [3.05, 3.63) is 58.4 Å². The van der Waals surface area contributed by atoms with E-state index in [1.807, 2.05) is 24.0 Å². The molecular weight excluding hydrogens is 400 g/mol. The molecule has 0 spiro atoms. The second-order valence-electron chi connectivity index (χ2n) is 7.16. The minimum Gasteiger partial charge on any atom is -0.497 e. The molecule has 1 aliphatic heterocycles. The molecule has 1 aliphatic rings. The molecule has 0 saturated carbocycles. The molecule has 2 heterocycles. The summed E-state index contributed by atoms with van der Waals surface area (Å²) in [6.07, 6.45) is 0. The molecule has 8 nitrogen and oxygen atoms in total. The van der Waals surface area contributed by atoms with Crippen molar-refractivity contribution < 1.29 is 23.4 Å². The highest BCUT2D eigenvalue weighted by Gasteiger charge is 2.16. The number of ether oxygens (including phenoxy) is 3. The zero-order valence-electron chi connectivity index (χ0n) is 17.5. The van der Waals surface area contributed by atoms with Crippen molar-refractivity contribution in [2.75, 3.05) is 38.7 Å².